The first kappa shape index (κ1) is 13.2. The summed E-state index contributed by atoms with van der Waals surface area (Å²) in [4.78, 5) is 0. The zero-order chi connectivity index (χ0) is 12.3. The monoisotopic (exact) mass is 221 g/mol. The average molecular weight is 221 g/mol. The molecule has 1 rings (SSSR count). The van der Waals surface area contributed by atoms with E-state index in [4.69, 9.17) is 4.74 Å². The van der Waals surface area contributed by atoms with Crippen LogP contribution in [0.3, 0.4) is 0 Å². The minimum atomic E-state index is -0.214. The minimum Gasteiger partial charge on any atom is -0.377 e. The van der Waals surface area contributed by atoms with Gasteiger partial charge in [-0.25, -0.2) is 0 Å². The summed E-state index contributed by atoms with van der Waals surface area (Å²) in [7, 11) is 3.73. The predicted molar refractivity (Wildman–Crippen MR) is 68.8 cm³/mol. The number of aryl methyl sites for hydroxylation is 2. The number of methoxy groups -OCH3 is 1. The maximum Gasteiger partial charge on any atom is 0.0816 e. The molecule has 2 nitrogen and oxygen atoms in total. The maximum atomic E-state index is 5.57. The van der Waals surface area contributed by atoms with E-state index in [1.807, 2.05) is 7.05 Å². The summed E-state index contributed by atoms with van der Waals surface area (Å²) in [5, 5.41) is 3.34. The number of nitrogens with one attached hydrogen (secondary N) is 1. The molecule has 0 aliphatic heterocycles. The smallest absolute Gasteiger partial charge is 0.0816 e. The molecule has 1 aromatic carbocycles. The van der Waals surface area contributed by atoms with Gasteiger partial charge in [-0.3, -0.25) is 0 Å². The molecule has 0 bridgehead atoms. The summed E-state index contributed by atoms with van der Waals surface area (Å²) < 4.78 is 5.57. The van der Waals surface area contributed by atoms with Crippen molar-refractivity contribution in [1.82, 2.24) is 5.32 Å². The zero-order valence-electron chi connectivity index (χ0n) is 11.2. The van der Waals surface area contributed by atoms with E-state index < -0.39 is 0 Å². The summed E-state index contributed by atoms with van der Waals surface area (Å²) in [6.45, 7) is 8.48. The van der Waals surface area contributed by atoms with Crippen LogP contribution in [0.15, 0.2) is 18.2 Å². The second kappa shape index (κ2) is 4.98. The van der Waals surface area contributed by atoms with Gasteiger partial charge in [-0.15, -0.1) is 0 Å². The van der Waals surface area contributed by atoms with E-state index in [0.29, 0.717) is 0 Å². The Balaban J connectivity index is 3.14. The number of likely N-dealkylation sites (N-methyl/N-ethyl adjacent to an activating group) is 1. The third kappa shape index (κ3) is 2.63. The molecule has 1 aromatic rings. The summed E-state index contributed by atoms with van der Waals surface area (Å²) in [5.41, 5.74) is 3.70. The molecule has 0 radical (unpaired) electrons. The summed E-state index contributed by atoms with van der Waals surface area (Å²) >= 11 is 0. The van der Waals surface area contributed by atoms with E-state index in [9.17, 15) is 0 Å². The third-order valence-corrected chi connectivity index (χ3v) is 3.25. The molecule has 0 fully saturated rings. The molecule has 0 heterocycles. The standard InChI is InChI=1S/C14H23NO/c1-10-7-8-12(11(2)9-10)13(15-5)14(3,4)16-6/h7-9,13,15H,1-6H3. The van der Waals surface area contributed by atoms with Gasteiger partial charge in [0.2, 0.25) is 0 Å². The zero-order valence-corrected chi connectivity index (χ0v) is 11.2. The highest BCUT2D eigenvalue weighted by molar-refractivity contribution is 5.34. The van der Waals surface area contributed by atoms with Crippen LogP contribution in [0.1, 0.15) is 36.6 Å². The molecule has 0 aromatic heterocycles. The van der Waals surface area contributed by atoms with Gasteiger partial charge in [0.1, 0.15) is 0 Å². The normalized spacial score (nSPS) is 13.9. The quantitative estimate of drug-likeness (QED) is 0.844. The number of hydrogen-bond donors (Lipinski definition) is 1. The molecule has 90 valence electrons. The summed E-state index contributed by atoms with van der Waals surface area (Å²) in [5.74, 6) is 0. The Hall–Kier alpha value is -0.860. The van der Waals surface area contributed by atoms with Crippen molar-refractivity contribution < 1.29 is 4.74 Å². The molecule has 0 amide bonds. The van der Waals surface area contributed by atoms with Gasteiger partial charge in [0.25, 0.3) is 0 Å². The van der Waals surface area contributed by atoms with Crippen LogP contribution in [0.2, 0.25) is 0 Å². The van der Waals surface area contributed by atoms with E-state index in [2.05, 4.69) is 51.2 Å². The lowest BCUT2D eigenvalue weighted by Gasteiger charge is -2.34. The van der Waals surface area contributed by atoms with Crippen molar-refractivity contribution in [3.8, 4) is 0 Å². The van der Waals surface area contributed by atoms with Crippen LogP contribution >= 0.6 is 0 Å². The lowest BCUT2D eigenvalue weighted by Crippen LogP contribution is -2.39. The fourth-order valence-electron chi connectivity index (χ4n) is 2.14. The SMILES string of the molecule is CNC(c1ccc(C)cc1C)C(C)(C)OC. The lowest BCUT2D eigenvalue weighted by molar-refractivity contribution is -0.00916. The minimum absolute atomic E-state index is 0.207. The van der Waals surface area contributed by atoms with Crippen LogP contribution in [0.5, 0.6) is 0 Å². The summed E-state index contributed by atoms with van der Waals surface area (Å²) in [6.07, 6.45) is 0. The first-order valence-electron chi connectivity index (χ1n) is 5.72. The molecule has 2 heteroatoms. The molecule has 0 aliphatic rings. The molecule has 0 saturated carbocycles. The van der Waals surface area contributed by atoms with Crippen LogP contribution in [0.25, 0.3) is 0 Å². The van der Waals surface area contributed by atoms with Gasteiger partial charge in [0, 0.05) is 7.11 Å². The van der Waals surface area contributed by atoms with E-state index in [1.165, 1.54) is 16.7 Å². The van der Waals surface area contributed by atoms with Crippen LogP contribution in [-0.2, 0) is 4.74 Å². The summed E-state index contributed by atoms with van der Waals surface area (Å²) in [6, 6.07) is 6.76. The van der Waals surface area contributed by atoms with Gasteiger partial charge in [-0.2, -0.15) is 0 Å². The van der Waals surface area contributed by atoms with Crippen molar-refractivity contribution >= 4 is 0 Å². The lowest BCUT2D eigenvalue weighted by atomic mass is 9.88. The van der Waals surface area contributed by atoms with Gasteiger partial charge in [-0.05, 0) is 45.9 Å². The molecule has 16 heavy (non-hydrogen) atoms. The molecular weight excluding hydrogens is 198 g/mol. The molecule has 0 spiro atoms. The topological polar surface area (TPSA) is 21.3 Å². The Morgan fingerprint density at radius 1 is 1.25 bits per heavy atom. The van der Waals surface area contributed by atoms with Crippen molar-refractivity contribution in [1.29, 1.82) is 0 Å². The van der Waals surface area contributed by atoms with Crippen LogP contribution in [-0.4, -0.2) is 19.8 Å². The number of benzene rings is 1. The third-order valence-electron chi connectivity index (χ3n) is 3.25. The highest BCUT2D eigenvalue weighted by Crippen LogP contribution is 2.30. The Morgan fingerprint density at radius 2 is 1.88 bits per heavy atom. The first-order valence-corrected chi connectivity index (χ1v) is 5.72. The Kier molecular flexibility index (Phi) is 4.11. The fourth-order valence-corrected chi connectivity index (χ4v) is 2.14. The molecule has 1 unspecified atom stereocenters. The van der Waals surface area contributed by atoms with E-state index in [1.54, 1.807) is 7.11 Å². The second-order valence-corrected chi connectivity index (χ2v) is 4.89. The largest absolute Gasteiger partial charge is 0.377 e. The highest BCUT2D eigenvalue weighted by Gasteiger charge is 2.30. The molecule has 1 N–H and O–H groups in total. The average Bonchev–Trinajstić information content (AvgIpc) is 2.22. The Labute approximate surface area is 99.0 Å². The Bertz CT molecular complexity index is 358. The van der Waals surface area contributed by atoms with Crippen molar-refractivity contribution in [3.05, 3.63) is 34.9 Å². The number of rotatable bonds is 4. The van der Waals surface area contributed by atoms with Crippen LogP contribution < -0.4 is 5.32 Å². The predicted octanol–water partition coefficient (Wildman–Crippen LogP) is 2.99. The van der Waals surface area contributed by atoms with Gasteiger partial charge >= 0.3 is 0 Å². The Morgan fingerprint density at radius 3 is 2.31 bits per heavy atom. The second-order valence-electron chi connectivity index (χ2n) is 4.89. The molecular formula is C14H23NO. The van der Waals surface area contributed by atoms with Crippen LogP contribution in [0, 0.1) is 13.8 Å². The molecule has 0 aliphatic carbocycles. The first-order chi connectivity index (χ1) is 7.42. The van der Waals surface area contributed by atoms with E-state index >= 15 is 0 Å². The van der Waals surface area contributed by atoms with Crippen molar-refractivity contribution in [3.63, 3.8) is 0 Å². The van der Waals surface area contributed by atoms with E-state index in [-0.39, 0.29) is 11.6 Å². The van der Waals surface area contributed by atoms with Crippen molar-refractivity contribution in [2.75, 3.05) is 14.2 Å². The molecule has 0 saturated heterocycles. The fraction of sp³-hybridized carbons (Fsp3) is 0.571. The van der Waals surface area contributed by atoms with Gasteiger partial charge in [-0.1, -0.05) is 23.8 Å². The highest BCUT2D eigenvalue weighted by atomic mass is 16.5. The van der Waals surface area contributed by atoms with Crippen molar-refractivity contribution in [2.45, 2.75) is 39.3 Å². The number of ether oxygens (including phenoxy) is 1. The van der Waals surface area contributed by atoms with Gasteiger partial charge < -0.3 is 10.1 Å². The van der Waals surface area contributed by atoms with Crippen LogP contribution in [0.4, 0.5) is 0 Å². The van der Waals surface area contributed by atoms with E-state index in [0.717, 1.165) is 0 Å². The molecule has 1 atom stereocenters. The van der Waals surface area contributed by atoms with Gasteiger partial charge in [0.15, 0.2) is 0 Å². The maximum absolute atomic E-state index is 5.57. The van der Waals surface area contributed by atoms with Crippen molar-refractivity contribution in [2.24, 2.45) is 0 Å². The van der Waals surface area contributed by atoms with Gasteiger partial charge in [0.05, 0.1) is 11.6 Å². The number of hydrogen-bond acceptors (Lipinski definition) is 2.